The van der Waals surface area contributed by atoms with Crippen LogP contribution in [0.4, 0.5) is 10.1 Å². The molecule has 0 spiro atoms. The van der Waals surface area contributed by atoms with Crippen LogP contribution in [0, 0.1) is 5.82 Å². The van der Waals surface area contributed by atoms with E-state index >= 15 is 0 Å². The lowest BCUT2D eigenvalue weighted by Gasteiger charge is -2.12. The maximum absolute atomic E-state index is 14.2. The molecular formula is C24H22FN3O4S2. The third kappa shape index (κ3) is 4.84. The standard InChI is InChI=1S/C24H22FN3O4S2/c1-28(2)34(31,32)17-9-6-15(7-10-17)12-13-26-23(29)16-8-11-20-19(14-16)27-24(30)22-18(25)4-3-5-21(22)33-20/h3-11,14H,12-13H2,1-2H3,(H,26,29)(H,27,30). The van der Waals surface area contributed by atoms with Crippen LogP contribution >= 0.6 is 11.8 Å². The Morgan fingerprint density at radius 2 is 1.79 bits per heavy atom. The van der Waals surface area contributed by atoms with Crippen molar-refractivity contribution >= 4 is 39.3 Å². The van der Waals surface area contributed by atoms with Crippen LogP contribution in [0.15, 0.2) is 75.4 Å². The Morgan fingerprint density at radius 1 is 1.06 bits per heavy atom. The second kappa shape index (κ2) is 9.57. The molecule has 0 aliphatic carbocycles. The van der Waals surface area contributed by atoms with Gasteiger partial charge < -0.3 is 10.6 Å². The third-order valence-electron chi connectivity index (χ3n) is 5.31. The highest BCUT2D eigenvalue weighted by atomic mass is 32.2. The molecule has 34 heavy (non-hydrogen) atoms. The van der Waals surface area contributed by atoms with Crippen LogP contribution < -0.4 is 10.6 Å². The summed E-state index contributed by atoms with van der Waals surface area (Å²) in [6.45, 7) is 0.341. The Hall–Kier alpha value is -3.21. The monoisotopic (exact) mass is 499 g/mol. The van der Waals surface area contributed by atoms with Crippen LogP contribution in [-0.4, -0.2) is 45.2 Å². The first-order chi connectivity index (χ1) is 16.2. The number of rotatable bonds is 6. The van der Waals surface area contributed by atoms with Gasteiger partial charge in [0, 0.05) is 36.0 Å². The third-order valence-corrected chi connectivity index (χ3v) is 8.28. The zero-order chi connectivity index (χ0) is 24.5. The summed E-state index contributed by atoms with van der Waals surface area (Å²) in [5.41, 5.74) is 1.66. The van der Waals surface area contributed by atoms with E-state index in [4.69, 9.17) is 0 Å². The molecular weight excluding hydrogens is 477 g/mol. The van der Waals surface area contributed by atoms with Crippen molar-refractivity contribution in [3.8, 4) is 0 Å². The smallest absolute Gasteiger partial charge is 0.259 e. The predicted molar refractivity (Wildman–Crippen MR) is 128 cm³/mol. The number of nitrogens with one attached hydrogen (secondary N) is 2. The maximum atomic E-state index is 14.2. The van der Waals surface area contributed by atoms with Crippen LogP contribution in [0.2, 0.25) is 0 Å². The second-order valence-electron chi connectivity index (χ2n) is 7.82. The van der Waals surface area contributed by atoms with Crippen molar-refractivity contribution in [2.24, 2.45) is 0 Å². The second-order valence-corrected chi connectivity index (χ2v) is 11.1. The van der Waals surface area contributed by atoms with Gasteiger partial charge in [0.2, 0.25) is 10.0 Å². The first-order valence-electron chi connectivity index (χ1n) is 10.4. The summed E-state index contributed by atoms with van der Waals surface area (Å²) in [7, 11) is -0.537. The van der Waals surface area contributed by atoms with E-state index in [0.29, 0.717) is 34.0 Å². The summed E-state index contributed by atoms with van der Waals surface area (Å²) in [6, 6.07) is 15.9. The number of anilines is 1. The number of carbonyl (C=O) groups is 2. The lowest BCUT2D eigenvalue weighted by molar-refractivity contribution is 0.0952. The van der Waals surface area contributed by atoms with Gasteiger partial charge in [0.1, 0.15) is 5.82 Å². The molecule has 4 rings (SSSR count). The molecule has 1 aliphatic rings. The van der Waals surface area contributed by atoms with E-state index in [0.717, 1.165) is 9.87 Å². The Bertz CT molecular complexity index is 1370. The van der Waals surface area contributed by atoms with Crippen molar-refractivity contribution in [1.82, 2.24) is 9.62 Å². The minimum Gasteiger partial charge on any atom is -0.352 e. The predicted octanol–water partition coefficient (Wildman–Crippen LogP) is 3.77. The van der Waals surface area contributed by atoms with Crippen molar-refractivity contribution < 1.29 is 22.4 Å². The van der Waals surface area contributed by atoms with E-state index in [1.54, 1.807) is 54.6 Å². The van der Waals surface area contributed by atoms with Crippen molar-refractivity contribution in [2.75, 3.05) is 26.0 Å². The number of benzene rings is 3. The van der Waals surface area contributed by atoms with Crippen LogP contribution in [0.5, 0.6) is 0 Å². The fraction of sp³-hybridized carbons (Fsp3) is 0.167. The molecule has 0 unspecified atom stereocenters. The fourth-order valence-electron chi connectivity index (χ4n) is 3.43. The molecule has 2 N–H and O–H groups in total. The molecule has 7 nitrogen and oxygen atoms in total. The van der Waals surface area contributed by atoms with Gasteiger partial charge in [0.25, 0.3) is 11.8 Å². The first kappa shape index (κ1) is 23.9. The van der Waals surface area contributed by atoms with Crippen LogP contribution in [0.1, 0.15) is 26.3 Å². The Morgan fingerprint density at radius 3 is 2.50 bits per heavy atom. The molecule has 2 amide bonds. The molecule has 10 heteroatoms. The molecule has 1 heterocycles. The van der Waals surface area contributed by atoms with E-state index in [1.807, 2.05) is 0 Å². The SMILES string of the molecule is CN(C)S(=O)(=O)c1ccc(CCNC(=O)c2ccc3c(c2)NC(=O)c2c(F)cccc2S3)cc1. The fourth-order valence-corrected chi connectivity index (χ4v) is 5.37. The zero-order valence-corrected chi connectivity index (χ0v) is 20.1. The van der Waals surface area contributed by atoms with Crippen LogP contribution in [0.25, 0.3) is 0 Å². The summed E-state index contributed by atoms with van der Waals surface area (Å²) in [5, 5.41) is 5.52. The van der Waals surface area contributed by atoms with Gasteiger partial charge in [-0.1, -0.05) is 30.0 Å². The molecule has 0 saturated carbocycles. The minimum atomic E-state index is -3.49. The normalized spacial score (nSPS) is 13.0. The summed E-state index contributed by atoms with van der Waals surface area (Å²) >= 11 is 1.26. The number of carbonyl (C=O) groups excluding carboxylic acids is 2. The van der Waals surface area contributed by atoms with Crippen molar-refractivity contribution in [3.63, 3.8) is 0 Å². The van der Waals surface area contributed by atoms with E-state index in [-0.39, 0.29) is 16.4 Å². The van der Waals surface area contributed by atoms with Crippen molar-refractivity contribution in [2.45, 2.75) is 21.1 Å². The number of hydrogen-bond donors (Lipinski definition) is 2. The van der Waals surface area contributed by atoms with E-state index in [1.165, 1.54) is 31.9 Å². The summed E-state index contributed by atoms with van der Waals surface area (Å²) in [5.74, 6) is -1.47. The Kier molecular flexibility index (Phi) is 6.74. The first-order valence-corrected chi connectivity index (χ1v) is 12.6. The molecule has 1 aliphatic heterocycles. The topological polar surface area (TPSA) is 95.6 Å². The molecule has 0 aromatic heterocycles. The summed E-state index contributed by atoms with van der Waals surface area (Å²) in [4.78, 5) is 26.6. The molecule has 0 atom stereocenters. The lowest BCUT2D eigenvalue weighted by Crippen LogP contribution is -2.26. The lowest BCUT2D eigenvalue weighted by atomic mass is 10.1. The van der Waals surface area contributed by atoms with Crippen LogP contribution in [0.3, 0.4) is 0 Å². The highest BCUT2D eigenvalue weighted by Crippen LogP contribution is 2.39. The van der Waals surface area contributed by atoms with E-state index in [2.05, 4.69) is 10.6 Å². The quantitative estimate of drug-likeness (QED) is 0.539. The largest absolute Gasteiger partial charge is 0.352 e. The van der Waals surface area contributed by atoms with Gasteiger partial charge in [-0.2, -0.15) is 0 Å². The molecule has 176 valence electrons. The van der Waals surface area contributed by atoms with Gasteiger partial charge in [0.05, 0.1) is 16.1 Å². The highest BCUT2D eigenvalue weighted by Gasteiger charge is 2.24. The number of amides is 2. The van der Waals surface area contributed by atoms with Crippen LogP contribution in [-0.2, 0) is 16.4 Å². The number of halogens is 1. The molecule has 0 radical (unpaired) electrons. The average molecular weight is 500 g/mol. The number of nitrogens with zero attached hydrogens (tertiary/aromatic N) is 1. The van der Waals surface area contributed by atoms with Crippen molar-refractivity contribution in [1.29, 1.82) is 0 Å². The zero-order valence-electron chi connectivity index (χ0n) is 18.5. The highest BCUT2D eigenvalue weighted by molar-refractivity contribution is 7.99. The number of sulfonamides is 1. The van der Waals surface area contributed by atoms with Gasteiger partial charge in [-0.15, -0.1) is 0 Å². The molecule has 3 aromatic rings. The molecule has 3 aromatic carbocycles. The Balaban J connectivity index is 1.41. The van der Waals surface area contributed by atoms with Gasteiger partial charge in [-0.05, 0) is 54.4 Å². The molecule has 0 fully saturated rings. The molecule has 0 bridgehead atoms. The van der Waals surface area contributed by atoms with Gasteiger partial charge >= 0.3 is 0 Å². The Labute approximate surface area is 201 Å². The van der Waals surface area contributed by atoms with E-state index in [9.17, 15) is 22.4 Å². The van der Waals surface area contributed by atoms with Crippen molar-refractivity contribution in [3.05, 3.63) is 83.2 Å². The minimum absolute atomic E-state index is 0.0147. The van der Waals surface area contributed by atoms with Gasteiger partial charge in [0.15, 0.2) is 0 Å². The van der Waals surface area contributed by atoms with Gasteiger partial charge in [-0.25, -0.2) is 17.1 Å². The maximum Gasteiger partial charge on any atom is 0.259 e. The summed E-state index contributed by atoms with van der Waals surface area (Å²) in [6.07, 6.45) is 0.514. The summed E-state index contributed by atoms with van der Waals surface area (Å²) < 4.78 is 39.6. The number of hydrogen-bond acceptors (Lipinski definition) is 5. The van der Waals surface area contributed by atoms with Gasteiger partial charge in [-0.3, -0.25) is 9.59 Å². The average Bonchev–Trinajstić information content (AvgIpc) is 2.94. The number of fused-ring (bicyclic) bond motifs is 2. The molecule has 0 saturated heterocycles. The van der Waals surface area contributed by atoms with E-state index < -0.39 is 21.7 Å².